The molecule has 0 bridgehead atoms. The number of nitrogens with zero attached hydrogens (tertiary/aromatic N) is 1. The fourth-order valence-corrected chi connectivity index (χ4v) is 0.493. The van der Waals surface area contributed by atoms with E-state index in [4.69, 9.17) is 10.4 Å². The van der Waals surface area contributed by atoms with Crippen molar-refractivity contribution in [2.45, 2.75) is 6.29 Å². The predicted octanol–water partition coefficient (Wildman–Crippen LogP) is -0.0777. The van der Waals surface area contributed by atoms with Crippen molar-refractivity contribution in [2.75, 3.05) is 14.2 Å². The summed E-state index contributed by atoms with van der Waals surface area (Å²) in [6.07, 6.45) is -0.104. The van der Waals surface area contributed by atoms with Gasteiger partial charge in [0.05, 0.1) is 6.26 Å². The monoisotopic (exact) mass is 167 g/mol. The van der Waals surface area contributed by atoms with Gasteiger partial charge in [-0.3, -0.25) is 0 Å². The Hall–Kier alpha value is -0.0500. The van der Waals surface area contributed by atoms with Crippen LogP contribution in [0, 0.1) is 11.3 Å². The van der Waals surface area contributed by atoms with E-state index in [0.717, 1.165) is 0 Å². The summed E-state index contributed by atoms with van der Waals surface area (Å²) in [6.45, 7) is 0. The number of hydrogen-bond acceptors (Lipinski definition) is 4. The molecule has 0 unspecified atom stereocenters. The van der Waals surface area contributed by atoms with E-state index in [1.807, 2.05) is 0 Å². The first-order valence-corrected chi connectivity index (χ1v) is 2.60. The summed E-state index contributed by atoms with van der Waals surface area (Å²) in [6, 6.07) is 1.71. The van der Waals surface area contributed by atoms with Crippen LogP contribution < -0.4 is 0 Å². The number of ether oxygens (including phenoxy) is 2. The van der Waals surface area contributed by atoms with Crippen LogP contribution in [0.4, 0.5) is 0 Å². The summed E-state index contributed by atoms with van der Waals surface area (Å²) in [4.78, 5) is 0. The maximum atomic E-state index is 8.41. The first-order chi connectivity index (χ1) is 4.79. The van der Waals surface area contributed by atoms with Gasteiger partial charge in [-0.15, -0.1) is 0 Å². The van der Waals surface area contributed by atoms with E-state index < -0.39 is 6.29 Å². The Balaban J connectivity index is 0. The van der Waals surface area contributed by atoms with Crippen LogP contribution in [0.1, 0.15) is 0 Å². The van der Waals surface area contributed by atoms with Gasteiger partial charge in [-0.25, -0.2) is 0 Å². The van der Waals surface area contributed by atoms with Crippen molar-refractivity contribution in [3.05, 3.63) is 11.8 Å². The van der Waals surface area contributed by atoms with Gasteiger partial charge in [-0.05, 0) is 0 Å². The maximum absolute atomic E-state index is 8.41. The molecular formula is C6H10NNaO3. The summed E-state index contributed by atoms with van der Waals surface area (Å²) >= 11 is 0. The number of aliphatic hydroxyl groups excluding tert-OH is 1. The molecule has 0 radical (unpaired) electrons. The summed E-state index contributed by atoms with van der Waals surface area (Å²) in [5.74, 6) is 0. The van der Waals surface area contributed by atoms with Crippen LogP contribution in [0.5, 0.6) is 0 Å². The third-order valence-corrected chi connectivity index (χ3v) is 0.950. The average molecular weight is 167 g/mol. The second-order valence-corrected chi connectivity index (χ2v) is 1.50. The molecule has 0 aromatic carbocycles. The molecule has 0 saturated heterocycles. The normalized spacial score (nSPS) is 10.5. The molecule has 0 aromatic rings. The number of nitriles is 1. The van der Waals surface area contributed by atoms with Crippen LogP contribution >= 0.6 is 0 Å². The third kappa shape index (κ3) is 4.40. The van der Waals surface area contributed by atoms with Gasteiger partial charge in [0.1, 0.15) is 11.6 Å². The minimum absolute atomic E-state index is 0. The summed E-state index contributed by atoms with van der Waals surface area (Å²) < 4.78 is 9.34. The van der Waals surface area contributed by atoms with Crippen molar-refractivity contribution < 1.29 is 14.6 Å². The molecule has 0 atom stereocenters. The van der Waals surface area contributed by atoms with E-state index in [1.54, 1.807) is 6.07 Å². The van der Waals surface area contributed by atoms with Crippen LogP contribution in [-0.2, 0) is 9.47 Å². The quantitative estimate of drug-likeness (QED) is 0.276. The molecule has 1 N–H and O–H groups in total. The van der Waals surface area contributed by atoms with Crippen molar-refractivity contribution in [3.8, 4) is 6.07 Å². The first-order valence-electron chi connectivity index (χ1n) is 2.60. The van der Waals surface area contributed by atoms with E-state index in [2.05, 4.69) is 9.47 Å². The van der Waals surface area contributed by atoms with E-state index in [0.29, 0.717) is 6.26 Å². The molecule has 0 aliphatic rings. The second-order valence-electron chi connectivity index (χ2n) is 1.50. The number of methoxy groups -OCH3 is 2. The van der Waals surface area contributed by atoms with Crippen LogP contribution in [0.15, 0.2) is 11.8 Å². The van der Waals surface area contributed by atoms with E-state index in [-0.39, 0.29) is 35.1 Å². The SMILES string of the molecule is COC(OC)/C(C#N)=C/O.[NaH]. The second kappa shape index (κ2) is 8.05. The molecule has 11 heavy (non-hydrogen) atoms. The van der Waals surface area contributed by atoms with Gasteiger partial charge < -0.3 is 14.6 Å². The summed E-state index contributed by atoms with van der Waals surface area (Å²) in [5.41, 5.74) is 0.0463. The van der Waals surface area contributed by atoms with Crippen molar-refractivity contribution in [3.63, 3.8) is 0 Å². The number of hydrogen-bond donors (Lipinski definition) is 1. The fraction of sp³-hybridized carbons (Fsp3) is 0.500. The molecule has 0 aliphatic carbocycles. The van der Waals surface area contributed by atoms with Crippen LogP contribution in [0.25, 0.3) is 0 Å². The molecular weight excluding hydrogens is 157 g/mol. The molecule has 0 heterocycles. The van der Waals surface area contributed by atoms with Gasteiger partial charge in [0.2, 0.25) is 0 Å². The topological polar surface area (TPSA) is 62.5 Å². The Morgan fingerprint density at radius 2 is 2.00 bits per heavy atom. The third-order valence-electron chi connectivity index (χ3n) is 0.950. The standard InChI is InChI=1S/C6H9NO3.Na.H/c1-9-6(10-2)5(3-7)4-8;;/h4,6,8H,1-2H3;;/b5-4+;;. The molecule has 0 rings (SSSR count). The van der Waals surface area contributed by atoms with Gasteiger partial charge in [0.25, 0.3) is 0 Å². The van der Waals surface area contributed by atoms with Crippen LogP contribution in [0.3, 0.4) is 0 Å². The molecule has 58 valence electrons. The van der Waals surface area contributed by atoms with Crippen molar-refractivity contribution in [1.82, 2.24) is 0 Å². The summed E-state index contributed by atoms with van der Waals surface area (Å²) in [5, 5.41) is 16.7. The minimum atomic E-state index is -0.769. The Morgan fingerprint density at radius 1 is 1.55 bits per heavy atom. The van der Waals surface area contributed by atoms with Crippen molar-refractivity contribution in [1.29, 1.82) is 5.26 Å². The van der Waals surface area contributed by atoms with Gasteiger partial charge in [-0.1, -0.05) is 0 Å². The predicted molar refractivity (Wildman–Crippen MR) is 41.3 cm³/mol. The van der Waals surface area contributed by atoms with Crippen LogP contribution in [-0.4, -0.2) is 55.2 Å². The van der Waals surface area contributed by atoms with Gasteiger partial charge in [0.15, 0.2) is 6.29 Å². The average Bonchev–Trinajstić information content (AvgIpc) is 2.00. The summed E-state index contributed by atoms with van der Waals surface area (Å²) in [7, 11) is 2.77. The Kier molecular flexibility index (Phi) is 9.90. The Bertz CT molecular complexity index is 160. The number of aliphatic hydroxyl groups is 1. The van der Waals surface area contributed by atoms with Crippen molar-refractivity contribution in [2.24, 2.45) is 0 Å². The molecule has 5 heteroatoms. The van der Waals surface area contributed by atoms with Gasteiger partial charge in [-0.2, -0.15) is 5.26 Å². The van der Waals surface area contributed by atoms with E-state index in [1.165, 1.54) is 14.2 Å². The molecule has 0 aromatic heterocycles. The molecule has 0 spiro atoms. The Labute approximate surface area is 87.7 Å². The zero-order chi connectivity index (χ0) is 7.98. The van der Waals surface area contributed by atoms with Crippen LogP contribution in [0.2, 0.25) is 0 Å². The first kappa shape index (κ1) is 13.5. The molecule has 0 fully saturated rings. The molecule has 0 aliphatic heterocycles. The molecule has 0 saturated carbocycles. The van der Waals surface area contributed by atoms with Gasteiger partial charge in [0, 0.05) is 14.2 Å². The zero-order valence-electron chi connectivity index (χ0n) is 5.87. The molecule has 4 nitrogen and oxygen atoms in total. The van der Waals surface area contributed by atoms with Crippen molar-refractivity contribution >= 4 is 29.6 Å². The fourth-order valence-electron chi connectivity index (χ4n) is 0.493. The zero-order valence-corrected chi connectivity index (χ0v) is 5.87. The van der Waals surface area contributed by atoms with Gasteiger partial charge >= 0.3 is 29.6 Å². The van der Waals surface area contributed by atoms with E-state index >= 15 is 0 Å². The number of rotatable bonds is 3. The molecule has 0 amide bonds. The Morgan fingerprint density at radius 3 is 2.09 bits per heavy atom. The van der Waals surface area contributed by atoms with E-state index in [9.17, 15) is 0 Å².